The molecule has 4 nitrogen and oxygen atoms in total. The fourth-order valence-corrected chi connectivity index (χ4v) is 19.9. The second kappa shape index (κ2) is 18.4. The summed E-state index contributed by atoms with van der Waals surface area (Å²) in [6.07, 6.45) is -1.33. The van der Waals surface area contributed by atoms with Crippen LogP contribution >= 0.6 is 11.8 Å². The molecule has 53 heavy (non-hydrogen) atoms. The minimum absolute atomic E-state index is 0.284. The van der Waals surface area contributed by atoms with E-state index in [1.165, 1.54) is 13.2 Å². The fourth-order valence-electron chi connectivity index (χ4n) is 7.48. The normalized spacial score (nSPS) is 20.3. The van der Waals surface area contributed by atoms with Crippen molar-refractivity contribution in [3.63, 3.8) is 0 Å². The first-order valence-electron chi connectivity index (χ1n) is 18.6. The molecule has 6 heteroatoms. The number of rotatable bonds is 15. The maximum atomic E-state index is 7.73. The summed E-state index contributed by atoms with van der Waals surface area (Å²) in [4.78, 5) is -0.334. The summed E-state index contributed by atoms with van der Waals surface area (Å²) >= 11 is -2.07. The van der Waals surface area contributed by atoms with Crippen LogP contribution in [0, 0.1) is 0 Å². The van der Waals surface area contributed by atoms with E-state index in [0.29, 0.717) is 19.8 Å². The molecule has 270 valence electrons. The Morgan fingerprint density at radius 1 is 0.453 bits per heavy atom. The molecule has 5 atom stereocenters. The van der Waals surface area contributed by atoms with Crippen LogP contribution in [0.15, 0.2) is 182 Å². The van der Waals surface area contributed by atoms with Crippen LogP contribution in [-0.4, -0.2) is 47.2 Å². The molecular weight excluding hydrogens is 733 g/mol. The van der Waals surface area contributed by atoms with Crippen LogP contribution < -0.4 is 13.2 Å². The molecule has 6 aromatic rings. The van der Waals surface area contributed by atoms with E-state index in [1.54, 1.807) is 0 Å². The molecule has 7 rings (SSSR count). The first-order valence-corrected chi connectivity index (χ1v) is 23.9. The number of thioether (sulfide) groups is 1. The average Bonchev–Trinajstić information content (AvgIpc) is 3.22. The standard InChI is InChI=1S/C47H48GeO4S/c1-36(2)53-47-45(51-35-39-25-13-5-14-26-39)43(49-33-37-21-9-3-10-22-37)44(50-34-38-23-11-4-12-24-38)46(52-47)48(40-27-15-6-16-28-40,41-29-17-7-18-30-41)42-31-19-8-20-32-42/h3-32,36,43-47H,33-35H2,1-2H3/t43-,44+,45+,46+,47-/m0/s1. The molecule has 0 N–H and O–H groups in total. The van der Waals surface area contributed by atoms with Crippen LogP contribution in [0.1, 0.15) is 30.5 Å². The van der Waals surface area contributed by atoms with Crippen molar-refractivity contribution in [2.75, 3.05) is 0 Å². The van der Waals surface area contributed by atoms with Gasteiger partial charge in [-0.2, -0.15) is 0 Å². The Kier molecular flexibility index (Phi) is 13.0. The number of hydrogen-bond donors (Lipinski definition) is 0. The molecule has 0 aromatic heterocycles. The zero-order chi connectivity index (χ0) is 36.3. The van der Waals surface area contributed by atoms with Gasteiger partial charge in [0.1, 0.15) is 0 Å². The van der Waals surface area contributed by atoms with Gasteiger partial charge in [0.15, 0.2) is 0 Å². The first kappa shape index (κ1) is 37.4. The van der Waals surface area contributed by atoms with Gasteiger partial charge in [-0.05, 0) is 0 Å². The van der Waals surface area contributed by atoms with Gasteiger partial charge in [0.25, 0.3) is 0 Å². The molecule has 1 aliphatic heterocycles. The van der Waals surface area contributed by atoms with Crippen molar-refractivity contribution < 1.29 is 18.9 Å². The van der Waals surface area contributed by atoms with Crippen molar-refractivity contribution in [3.8, 4) is 0 Å². The van der Waals surface area contributed by atoms with Gasteiger partial charge in [-0.15, -0.1) is 0 Å². The summed E-state index contributed by atoms with van der Waals surface area (Å²) in [5, 5.41) is 0.284. The average molecular weight is 782 g/mol. The Labute approximate surface area is 321 Å². The van der Waals surface area contributed by atoms with Crippen molar-refractivity contribution in [2.45, 2.75) is 67.6 Å². The second-order valence-electron chi connectivity index (χ2n) is 13.8. The van der Waals surface area contributed by atoms with Gasteiger partial charge in [0, 0.05) is 0 Å². The zero-order valence-corrected chi connectivity index (χ0v) is 33.4. The van der Waals surface area contributed by atoms with Crippen molar-refractivity contribution in [3.05, 3.63) is 199 Å². The van der Waals surface area contributed by atoms with Crippen LogP contribution in [0.3, 0.4) is 0 Å². The topological polar surface area (TPSA) is 36.9 Å². The molecule has 6 aromatic carbocycles. The summed E-state index contributed by atoms with van der Waals surface area (Å²) < 4.78 is 33.2. The van der Waals surface area contributed by atoms with E-state index in [-0.39, 0.29) is 15.6 Å². The monoisotopic (exact) mass is 782 g/mol. The third-order valence-electron chi connectivity index (χ3n) is 9.87. The number of hydrogen-bond acceptors (Lipinski definition) is 5. The Morgan fingerprint density at radius 3 is 1.13 bits per heavy atom. The molecule has 0 spiro atoms. The second-order valence-corrected chi connectivity index (χ2v) is 23.7. The third kappa shape index (κ3) is 8.89. The molecular formula is C47H48GeO4S. The molecule has 1 heterocycles. The van der Waals surface area contributed by atoms with Gasteiger partial charge in [-0.25, -0.2) is 0 Å². The summed E-state index contributed by atoms with van der Waals surface area (Å²) in [6.45, 7) is 5.75. The zero-order valence-electron chi connectivity index (χ0n) is 30.4. The van der Waals surface area contributed by atoms with Gasteiger partial charge in [-0.3, -0.25) is 0 Å². The van der Waals surface area contributed by atoms with Gasteiger partial charge in [0.2, 0.25) is 0 Å². The Balaban J connectivity index is 1.43. The molecule has 0 radical (unpaired) electrons. The summed E-state index contributed by atoms with van der Waals surface area (Å²) in [7, 11) is 0. The minimum atomic E-state index is -3.89. The maximum absolute atomic E-state index is 7.73. The summed E-state index contributed by atoms with van der Waals surface area (Å²) in [5.41, 5.74) is 3.00. The van der Waals surface area contributed by atoms with Crippen LogP contribution in [0.2, 0.25) is 0 Å². The van der Waals surface area contributed by atoms with Gasteiger partial charge in [0.05, 0.1) is 0 Å². The molecule has 0 bridgehead atoms. The fraction of sp³-hybridized carbons (Fsp3) is 0.234. The summed E-state index contributed by atoms with van der Waals surface area (Å²) in [5.74, 6) is 0. The van der Waals surface area contributed by atoms with Crippen molar-refractivity contribution in [1.82, 2.24) is 0 Å². The Bertz CT molecular complexity index is 1840. The predicted molar refractivity (Wildman–Crippen MR) is 220 cm³/mol. The van der Waals surface area contributed by atoms with E-state index in [1.807, 2.05) is 30.0 Å². The van der Waals surface area contributed by atoms with E-state index in [0.717, 1.165) is 16.7 Å². The Hall–Kier alpha value is -3.95. The molecule has 0 saturated carbocycles. The van der Waals surface area contributed by atoms with Gasteiger partial charge < -0.3 is 0 Å². The molecule has 0 amide bonds. The van der Waals surface area contributed by atoms with E-state index in [9.17, 15) is 0 Å². The molecule has 1 aliphatic rings. The SMILES string of the molecule is CC(C)S[C@@H]1O[C@@H]([Ge]([c]2ccccc2)([c]2ccccc2)[c]2ccccc2)[C@H](OCc2ccccc2)[C@H](OCc2ccccc2)[C@H]1OCc1ccccc1. The van der Waals surface area contributed by atoms with E-state index >= 15 is 0 Å². The van der Waals surface area contributed by atoms with Crippen molar-refractivity contribution in [2.24, 2.45) is 0 Å². The Morgan fingerprint density at radius 2 is 0.774 bits per heavy atom. The van der Waals surface area contributed by atoms with E-state index < -0.39 is 31.6 Å². The first-order chi connectivity index (χ1) is 26.1. The van der Waals surface area contributed by atoms with E-state index in [2.05, 4.69) is 178 Å². The predicted octanol–water partition coefficient (Wildman–Crippen LogP) is 8.32. The van der Waals surface area contributed by atoms with Crippen LogP contribution in [0.5, 0.6) is 0 Å². The summed E-state index contributed by atoms with van der Waals surface area (Å²) in [6, 6.07) is 64.4. The van der Waals surface area contributed by atoms with E-state index in [4.69, 9.17) is 18.9 Å². The number of benzene rings is 6. The molecule has 0 unspecified atom stereocenters. The van der Waals surface area contributed by atoms with Gasteiger partial charge in [-0.1, -0.05) is 0 Å². The molecule has 0 aliphatic carbocycles. The number of ether oxygens (including phenoxy) is 4. The van der Waals surface area contributed by atoms with Crippen LogP contribution in [-0.2, 0) is 38.8 Å². The molecule has 1 saturated heterocycles. The van der Waals surface area contributed by atoms with Gasteiger partial charge >= 0.3 is 323 Å². The van der Waals surface area contributed by atoms with Crippen molar-refractivity contribution >= 4 is 38.2 Å². The molecule has 1 fully saturated rings. The third-order valence-corrected chi connectivity index (χ3v) is 21.7. The van der Waals surface area contributed by atoms with Crippen molar-refractivity contribution in [1.29, 1.82) is 0 Å². The quantitative estimate of drug-likeness (QED) is 0.0981. The van der Waals surface area contributed by atoms with Crippen LogP contribution in [0.4, 0.5) is 0 Å². The van der Waals surface area contributed by atoms with Crippen LogP contribution in [0.25, 0.3) is 0 Å².